The minimum atomic E-state index is -6.15. The summed E-state index contributed by atoms with van der Waals surface area (Å²) in [6.07, 6.45) is 2.07. The Kier molecular flexibility index (Phi) is 13.2. The van der Waals surface area contributed by atoms with Crippen molar-refractivity contribution < 1.29 is 77.9 Å². The number of hydrogen-bond acceptors (Lipinski definition) is 14. The fraction of sp³-hybridized carbons (Fsp3) is 0.333. The second-order valence-corrected chi connectivity index (χ2v) is 19.1. The molecule has 14 aliphatic rings. The van der Waals surface area contributed by atoms with Crippen LogP contribution >= 0.6 is 0 Å². The van der Waals surface area contributed by atoms with E-state index in [-0.39, 0.29) is 58.2 Å². The Balaban J connectivity index is 1.21. The molecule has 2 aliphatic carbocycles. The standard InChI is InChI=1S/C54H51F3O14S/c1-60-42-18-30-12-35-23-48-43(61-2)19-31(35)14-37-25-50-44(62-3)20-32(37)13-36(30)24-47(42)65-6-7-67-49-26-38-15-33-21-45(63-4)51(68-9-8-66-48)27-39(33)17-41-29-53(71-72(58,59)54(55,56)57)52(70-11-10-69-50)28-40(41)16-34(38)22-46(49)64-5/h18-29H,6-17H2,1-5H3. The first-order chi connectivity index (χ1) is 34.7. The van der Waals surface area contributed by atoms with Gasteiger partial charge in [-0.2, -0.15) is 21.6 Å². The summed E-state index contributed by atoms with van der Waals surface area (Å²) in [5, 5.41) is 0. The number of hydrogen-bond donors (Lipinski definition) is 0. The summed E-state index contributed by atoms with van der Waals surface area (Å²) in [4.78, 5) is 0. The van der Waals surface area contributed by atoms with Crippen molar-refractivity contribution in [3.63, 3.8) is 0 Å². The van der Waals surface area contributed by atoms with Crippen LogP contribution in [0.25, 0.3) is 0 Å². The van der Waals surface area contributed by atoms with Crippen LogP contribution in [0.1, 0.15) is 66.8 Å². The van der Waals surface area contributed by atoms with E-state index in [4.69, 9.17) is 56.3 Å². The first-order valence-corrected chi connectivity index (χ1v) is 24.6. The van der Waals surface area contributed by atoms with Gasteiger partial charge in [0.05, 0.1) is 35.5 Å². The largest absolute Gasteiger partial charge is 0.534 e. The summed E-state index contributed by atoms with van der Waals surface area (Å²) in [5.74, 6) is 3.68. The van der Waals surface area contributed by atoms with Crippen LogP contribution in [0.15, 0.2) is 72.8 Å². The third-order valence-corrected chi connectivity index (χ3v) is 14.2. The fourth-order valence-electron chi connectivity index (χ4n) is 9.69. The molecule has 12 aliphatic heterocycles. The van der Waals surface area contributed by atoms with E-state index in [1.807, 2.05) is 60.7 Å². The van der Waals surface area contributed by atoms with E-state index >= 15 is 0 Å². The quantitative estimate of drug-likeness (QED) is 0.111. The van der Waals surface area contributed by atoms with Crippen LogP contribution < -0.4 is 56.3 Å². The van der Waals surface area contributed by atoms with Gasteiger partial charge in [0.15, 0.2) is 69.0 Å². The molecule has 0 fully saturated rings. The van der Waals surface area contributed by atoms with Crippen LogP contribution in [-0.2, 0) is 48.6 Å². The molecule has 0 aromatic heterocycles. The molecule has 18 bridgehead atoms. The average molecular weight is 1010 g/mol. The van der Waals surface area contributed by atoms with Gasteiger partial charge in [0.1, 0.15) is 39.6 Å². The molecule has 378 valence electrons. The topological polar surface area (TPSA) is 145 Å². The molecule has 0 saturated carbocycles. The maximum atomic E-state index is 14.1. The normalized spacial score (nSPS) is 15.1. The van der Waals surface area contributed by atoms with Gasteiger partial charge in [-0.15, -0.1) is 0 Å². The molecule has 0 spiro atoms. The van der Waals surface area contributed by atoms with Crippen molar-refractivity contribution in [2.24, 2.45) is 0 Å². The molecule has 12 heterocycles. The number of alkyl halides is 3. The van der Waals surface area contributed by atoms with Crippen molar-refractivity contribution >= 4 is 10.1 Å². The molecular weight excluding hydrogens is 962 g/mol. The third-order valence-electron chi connectivity index (χ3n) is 13.3. The van der Waals surface area contributed by atoms with E-state index in [9.17, 15) is 21.6 Å². The number of rotatable bonds is 7. The van der Waals surface area contributed by atoms with Gasteiger partial charge in [-0.05, 0) is 178 Å². The third kappa shape index (κ3) is 9.58. The Morgan fingerprint density at radius 2 is 0.514 bits per heavy atom. The Hall–Kier alpha value is -7.34. The summed E-state index contributed by atoms with van der Waals surface area (Å²) in [6.45, 7) is 0.0567. The van der Waals surface area contributed by atoms with E-state index in [2.05, 4.69) is 0 Å². The Labute approximate surface area is 414 Å². The minimum Gasteiger partial charge on any atom is -0.493 e. The van der Waals surface area contributed by atoms with Crippen LogP contribution in [-0.4, -0.2) is 89.1 Å². The molecule has 6 aromatic rings. The van der Waals surface area contributed by atoms with Gasteiger partial charge in [-0.1, -0.05) is 0 Å². The van der Waals surface area contributed by atoms with Crippen molar-refractivity contribution in [2.45, 2.75) is 44.0 Å². The monoisotopic (exact) mass is 1010 g/mol. The lowest BCUT2D eigenvalue weighted by molar-refractivity contribution is -0.0500. The fourth-order valence-corrected chi connectivity index (χ4v) is 10.1. The van der Waals surface area contributed by atoms with Crippen molar-refractivity contribution in [2.75, 3.05) is 75.2 Å². The summed E-state index contributed by atoms with van der Waals surface area (Å²) in [5.41, 5.74) is 4.17. The summed E-state index contributed by atoms with van der Waals surface area (Å²) >= 11 is 0. The van der Waals surface area contributed by atoms with Crippen LogP contribution in [0.3, 0.4) is 0 Å². The number of methoxy groups -OCH3 is 5. The minimum absolute atomic E-state index is 0.0735. The Morgan fingerprint density at radius 3 is 0.708 bits per heavy atom. The molecule has 18 heteroatoms. The molecule has 0 amide bonds. The maximum absolute atomic E-state index is 14.1. The van der Waals surface area contributed by atoms with E-state index < -0.39 is 21.4 Å². The highest BCUT2D eigenvalue weighted by Gasteiger charge is 2.49. The van der Waals surface area contributed by atoms with E-state index in [1.54, 1.807) is 14.2 Å². The zero-order chi connectivity index (χ0) is 50.3. The van der Waals surface area contributed by atoms with Gasteiger partial charge in [0.2, 0.25) is 0 Å². The number of ether oxygens (including phenoxy) is 11. The van der Waals surface area contributed by atoms with Gasteiger partial charge < -0.3 is 56.3 Å². The molecule has 0 unspecified atom stereocenters. The van der Waals surface area contributed by atoms with Crippen molar-refractivity contribution in [1.29, 1.82) is 0 Å². The smallest absolute Gasteiger partial charge is 0.493 e. The van der Waals surface area contributed by atoms with Crippen LogP contribution in [0, 0.1) is 0 Å². The Bertz CT molecular complexity index is 3180. The summed E-state index contributed by atoms with van der Waals surface area (Å²) in [6, 6.07) is 22.0. The van der Waals surface area contributed by atoms with E-state index in [0.717, 1.165) is 50.1 Å². The second kappa shape index (κ2) is 19.7. The molecule has 20 rings (SSSR count). The Morgan fingerprint density at radius 1 is 0.333 bits per heavy atom. The van der Waals surface area contributed by atoms with E-state index in [0.29, 0.717) is 99.9 Å². The van der Waals surface area contributed by atoms with Gasteiger partial charge in [0, 0.05) is 0 Å². The van der Waals surface area contributed by atoms with Gasteiger partial charge in [0.25, 0.3) is 0 Å². The van der Waals surface area contributed by atoms with Crippen molar-refractivity contribution in [1.82, 2.24) is 0 Å². The molecular formula is C54H51F3O14S. The summed E-state index contributed by atoms with van der Waals surface area (Å²) < 4.78 is 141. The number of halogens is 3. The lowest BCUT2D eigenvalue weighted by Crippen LogP contribution is -2.28. The highest BCUT2D eigenvalue weighted by Crippen LogP contribution is 2.45. The molecule has 0 saturated heterocycles. The summed E-state index contributed by atoms with van der Waals surface area (Å²) in [7, 11) is 1.64. The molecule has 72 heavy (non-hydrogen) atoms. The SMILES string of the molecule is COc1cc2c3cc1OCCOc1cc4c(cc1OC)Cc1cc5c(OC)cc1Cc1cc(c(OS(=O)(=O)C(F)(F)F)cc1C4)OCCOc1cc(c(cc1OC)Cc1cc(c(OC)cc1C3)OCCO5)C2. The van der Waals surface area contributed by atoms with Crippen LogP contribution in [0.5, 0.6) is 69.0 Å². The molecule has 0 radical (unpaired) electrons. The van der Waals surface area contributed by atoms with Gasteiger partial charge in [-0.25, -0.2) is 0 Å². The molecule has 0 N–H and O–H groups in total. The lowest BCUT2D eigenvalue weighted by atomic mass is 9.94. The van der Waals surface area contributed by atoms with Crippen molar-refractivity contribution in [3.8, 4) is 69.0 Å². The van der Waals surface area contributed by atoms with Crippen LogP contribution in [0.2, 0.25) is 0 Å². The lowest BCUT2D eigenvalue weighted by Gasteiger charge is -2.20. The van der Waals surface area contributed by atoms with Crippen molar-refractivity contribution in [3.05, 3.63) is 140 Å². The first kappa shape index (κ1) is 48.3. The molecule has 14 nitrogen and oxygen atoms in total. The highest BCUT2D eigenvalue weighted by atomic mass is 32.2. The zero-order valence-electron chi connectivity index (χ0n) is 40.2. The first-order valence-electron chi connectivity index (χ1n) is 23.2. The molecule has 6 aromatic carbocycles. The molecule has 0 atom stereocenters. The van der Waals surface area contributed by atoms with Gasteiger partial charge >= 0.3 is 15.6 Å². The predicted octanol–water partition coefficient (Wildman–Crippen LogP) is 9.13. The maximum Gasteiger partial charge on any atom is 0.534 e. The second-order valence-electron chi connectivity index (χ2n) is 17.6. The predicted molar refractivity (Wildman–Crippen MR) is 257 cm³/mol. The van der Waals surface area contributed by atoms with Crippen LogP contribution in [0.4, 0.5) is 13.2 Å². The van der Waals surface area contributed by atoms with E-state index in [1.165, 1.54) is 33.5 Å². The highest BCUT2D eigenvalue weighted by molar-refractivity contribution is 7.88. The zero-order valence-corrected chi connectivity index (χ0v) is 41.0. The van der Waals surface area contributed by atoms with Gasteiger partial charge in [-0.3, -0.25) is 0 Å². The average Bonchev–Trinajstić information content (AvgIpc) is 3.45. The number of benzene rings is 6.